The van der Waals surface area contributed by atoms with Gasteiger partial charge in [-0.05, 0) is 50.3 Å². The van der Waals surface area contributed by atoms with Gasteiger partial charge < -0.3 is 30.0 Å². The zero-order valence-corrected chi connectivity index (χ0v) is 18.4. The van der Waals surface area contributed by atoms with Crippen molar-refractivity contribution >= 4 is 5.96 Å². The summed E-state index contributed by atoms with van der Waals surface area (Å²) in [6.07, 6.45) is 3.63. The maximum Gasteiger partial charge on any atom is 0.191 e. The van der Waals surface area contributed by atoms with Crippen molar-refractivity contribution < 1.29 is 19.3 Å². The molecule has 1 atom stereocenters. The van der Waals surface area contributed by atoms with E-state index in [9.17, 15) is 5.11 Å². The highest BCUT2D eigenvalue weighted by Gasteiger charge is 2.36. The first-order valence-corrected chi connectivity index (χ1v) is 11.1. The molecule has 2 heterocycles. The first kappa shape index (κ1) is 22.8. The Kier molecular flexibility index (Phi) is 8.36. The lowest BCUT2D eigenvalue weighted by atomic mass is 9.74. The SMILES string of the molecule is CCOc1ccc(C2(CNC(=NC)NCC3(CCO)CCOC3)CCOCC2)cc1. The van der Waals surface area contributed by atoms with Gasteiger partial charge in [-0.25, -0.2) is 0 Å². The fourth-order valence-electron chi connectivity index (χ4n) is 4.46. The summed E-state index contributed by atoms with van der Waals surface area (Å²) in [4.78, 5) is 4.43. The smallest absolute Gasteiger partial charge is 0.191 e. The Morgan fingerprint density at radius 3 is 2.37 bits per heavy atom. The van der Waals surface area contributed by atoms with Crippen LogP contribution in [0.3, 0.4) is 0 Å². The van der Waals surface area contributed by atoms with Gasteiger partial charge in [0.05, 0.1) is 13.2 Å². The third kappa shape index (κ3) is 5.65. The lowest BCUT2D eigenvalue weighted by molar-refractivity contribution is 0.0513. The van der Waals surface area contributed by atoms with Crippen LogP contribution in [0.2, 0.25) is 0 Å². The summed E-state index contributed by atoms with van der Waals surface area (Å²) >= 11 is 0. The molecule has 0 aliphatic carbocycles. The fraction of sp³-hybridized carbons (Fsp3) is 0.696. The summed E-state index contributed by atoms with van der Waals surface area (Å²) < 4.78 is 16.9. The van der Waals surface area contributed by atoms with Gasteiger partial charge in [0.25, 0.3) is 0 Å². The molecule has 0 bridgehead atoms. The van der Waals surface area contributed by atoms with Gasteiger partial charge in [-0.3, -0.25) is 4.99 Å². The number of guanidine groups is 1. The van der Waals surface area contributed by atoms with Crippen molar-refractivity contribution in [2.45, 2.75) is 38.0 Å². The van der Waals surface area contributed by atoms with Crippen molar-refractivity contribution in [2.75, 3.05) is 59.8 Å². The molecule has 3 N–H and O–H groups in total. The summed E-state index contributed by atoms with van der Waals surface area (Å²) in [6, 6.07) is 8.48. The van der Waals surface area contributed by atoms with E-state index in [-0.39, 0.29) is 17.4 Å². The average Bonchev–Trinajstić information content (AvgIpc) is 3.24. The van der Waals surface area contributed by atoms with Gasteiger partial charge in [0.1, 0.15) is 5.75 Å². The van der Waals surface area contributed by atoms with Crippen molar-refractivity contribution in [2.24, 2.45) is 10.4 Å². The molecule has 0 radical (unpaired) electrons. The second kappa shape index (κ2) is 11.0. The predicted molar refractivity (Wildman–Crippen MR) is 118 cm³/mol. The maximum absolute atomic E-state index is 9.45. The Hall–Kier alpha value is -1.83. The normalized spacial score (nSPS) is 23.9. The molecule has 0 amide bonds. The highest BCUT2D eigenvalue weighted by Crippen LogP contribution is 2.35. The van der Waals surface area contributed by atoms with Gasteiger partial charge in [-0.15, -0.1) is 0 Å². The molecule has 2 saturated heterocycles. The van der Waals surface area contributed by atoms with Crippen molar-refractivity contribution in [1.82, 2.24) is 10.6 Å². The lowest BCUT2D eigenvalue weighted by Gasteiger charge is -2.38. The van der Waals surface area contributed by atoms with E-state index in [1.54, 1.807) is 7.05 Å². The second-order valence-corrected chi connectivity index (χ2v) is 8.41. The van der Waals surface area contributed by atoms with Crippen molar-refractivity contribution in [3.63, 3.8) is 0 Å². The first-order valence-electron chi connectivity index (χ1n) is 11.1. The number of nitrogens with zero attached hydrogens (tertiary/aromatic N) is 1. The number of hydrogen-bond acceptors (Lipinski definition) is 5. The monoisotopic (exact) mass is 419 g/mol. The van der Waals surface area contributed by atoms with Crippen molar-refractivity contribution in [3.05, 3.63) is 29.8 Å². The molecule has 2 aliphatic heterocycles. The summed E-state index contributed by atoms with van der Waals surface area (Å²) in [7, 11) is 1.80. The van der Waals surface area contributed by atoms with E-state index >= 15 is 0 Å². The fourth-order valence-corrected chi connectivity index (χ4v) is 4.46. The van der Waals surface area contributed by atoms with Gasteiger partial charge in [0.15, 0.2) is 5.96 Å². The molecule has 1 unspecified atom stereocenters. The van der Waals surface area contributed by atoms with Crippen LogP contribution >= 0.6 is 0 Å². The minimum atomic E-state index is -0.0160. The standard InChI is InChI=1S/C23H37N3O4/c1-3-30-20-6-4-19(5-7-20)23(10-14-28-15-11-23)17-26-21(24-2)25-16-22(8-12-27)9-13-29-18-22/h4-7,27H,3,8-18H2,1-2H3,(H2,24,25,26). The zero-order valence-electron chi connectivity index (χ0n) is 18.4. The summed E-state index contributed by atoms with van der Waals surface area (Å²) in [5.41, 5.74) is 1.29. The number of nitrogens with one attached hydrogen (secondary N) is 2. The number of aliphatic hydroxyl groups is 1. The quantitative estimate of drug-likeness (QED) is 0.420. The van der Waals surface area contributed by atoms with Crippen LogP contribution in [0.4, 0.5) is 0 Å². The molecule has 7 nitrogen and oxygen atoms in total. The topological polar surface area (TPSA) is 84.3 Å². The molecular formula is C23H37N3O4. The van der Waals surface area contributed by atoms with Crippen LogP contribution in [0.1, 0.15) is 38.2 Å². The van der Waals surface area contributed by atoms with Crippen molar-refractivity contribution in [1.29, 1.82) is 0 Å². The van der Waals surface area contributed by atoms with E-state index in [1.165, 1.54) is 5.56 Å². The van der Waals surface area contributed by atoms with Gasteiger partial charge in [0.2, 0.25) is 0 Å². The number of ether oxygens (including phenoxy) is 3. The van der Waals surface area contributed by atoms with Crippen LogP contribution in [0.5, 0.6) is 5.75 Å². The molecule has 2 aliphatic rings. The maximum atomic E-state index is 9.45. The first-order chi connectivity index (χ1) is 14.7. The Labute approximate surface area is 180 Å². The van der Waals surface area contributed by atoms with Gasteiger partial charge in [-0.1, -0.05) is 12.1 Å². The Morgan fingerprint density at radius 2 is 1.77 bits per heavy atom. The molecule has 7 heteroatoms. The van der Waals surface area contributed by atoms with Crippen LogP contribution < -0.4 is 15.4 Å². The lowest BCUT2D eigenvalue weighted by Crippen LogP contribution is -2.50. The average molecular weight is 420 g/mol. The minimum absolute atomic E-state index is 0.000129. The molecule has 0 aromatic heterocycles. The predicted octanol–water partition coefficient (Wildman–Crippen LogP) is 2.09. The Balaban J connectivity index is 1.64. The van der Waals surface area contributed by atoms with Crippen molar-refractivity contribution in [3.8, 4) is 5.75 Å². The Morgan fingerprint density at radius 1 is 1.07 bits per heavy atom. The van der Waals surface area contributed by atoms with E-state index in [0.29, 0.717) is 13.2 Å². The van der Waals surface area contributed by atoms with E-state index < -0.39 is 0 Å². The molecule has 168 valence electrons. The summed E-state index contributed by atoms with van der Waals surface area (Å²) in [6.45, 7) is 7.34. The number of rotatable bonds is 9. The third-order valence-electron chi connectivity index (χ3n) is 6.50. The number of hydrogen-bond donors (Lipinski definition) is 3. The molecule has 1 aromatic carbocycles. The highest BCUT2D eigenvalue weighted by atomic mass is 16.5. The van der Waals surface area contributed by atoms with E-state index in [2.05, 4.69) is 39.9 Å². The van der Waals surface area contributed by atoms with Crippen LogP contribution in [0, 0.1) is 5.41 Å². The largest absolute Gasteiger partial charge is 0.494 e. The van der Waals surface area contributed by atoms with Crippen LogP contribution in [-0.4, -0.2) is 70.8 Å². The molecule has 1 aromatic rings. The van der Waals surface area contributed by atoms with Crippen LogP contribution in [0.25, 0.3) is 0 Å². The number of benzene rings is 1. The van der Waals surface area contributed by atoms with Crippen LogP contribution in [0.15, 0.2) is 29.3 Å². The molecule has 2 fully saturated rings. The molecule has 30 heavy (non-hydrogen) atoms. The number of aliphatic hydroxyl groups excluding tert-OH is 1. The van der Waals surface area contributed by atoms with E-state index in [4.69, 9.17) is 14.2 Å². The second-order valence-electron chi connectivity index (χ2n) is 8.41. The third-order valence-corrected chi connectivity index (χ3v) is 6.50. The van der Waals surface area contributed by atoms with E-state index in [1.807, 2.05) is 6.92 Å². The molecule has 0 spiro atoms. The minimum Gasteiger partial charge on any atom is -0.494 e. The Bertz CT molecular complexity index is 666. The molecular weight excluding hydrogens is 382 g/mol. The summed E-state index contributed by atoms with van der Waals surface area (Å²) in [5, 5.41) is 16.5. The van der Waals surface area contributed by atoms with E-state index in [0.717, 1.165) is 70.3 Å². The summed E-state index contributed by atoms with van der Waals surface area (Å²) in [5.74, 6) is 1.69. The van der Waals surface area contributed by atoms with Crippen LogP contribution in [-0.2, 0) is 14.9 Å². The van der Waals surface area contributed by atoms with Gasteiger partial charge >= 0.3 is 0 Å². The molecule has 0 saturated carbocycles. The highest BCUT2D eigenvalue weighted by molar-refractivity contribution is 5.79. The number of aliphatic imine (C=N–C) groups is 1. The molecule has 3 rings (SSSR count). The van der Waals surface area contributed by atoms with Gasteiger partial charge in [-0.2, -0.15) is 0 Å². The zero-order chi connectivity index (χ0) is 21.3. The van der Waals surface area contributed by atoms with Gasteiger partial charge in [0, 0.05) is 57.4 Å².